The maximum atomic E-state index is 12.0. The number of hydrogen-bond donors (Lipinski definition) is 3. The van der Waals surface area contributed by atoms with E-state index >= 15 is 0 Å². The van der Waals surface area contributed by atoms with Gasteiger partial charge in [-0.05, 0) is 36.4 Å². The molecule has 0 bridgehead atoms. The van der Waals surface area contributed by atoms with Crippen molar-refractivity contribution in [1.29, 1.82) is 0 Å². The lowest BCUT2D eigenvalue weighted by Crippen LogP contribution is -2.12. The molecule has 1 aliphatic heterocycles. The highest BCUT2D eigenvalue weighted by Crippen LogP contribution is 2.34. The van der Waals surface area contributed by atoms with Crippen LogP contribution in [0.2, 0.25) is 0 Å². The summed E-state index contributed by atoms with van der Waals surface area (Å²) in [5.41, 5.74) is 3.47. The normalized spacial score (nSPS) is 14.9. The first-order chi connectivity index (χ1) is 10.2. The summed E-state index contributed by atoms with van der Waals surface area (Å²) in [7, 11) is 0. The van der Waals surface area contributed by atoms with E-state index in [1.54, 1.807) is 30.5 Å². The maximum Gasteiger partial charge on any atom is 0.256 e. The van der Waals surface area contributed by atoms with E-state index in [9.17, 15) is 9.59 Å². The highest BCUT2D eigenvalue weighted by atomic mass is 35.5. The molecule has 1 aromatic heterocycles. The van der Waals surface area contributed by atoms with Crippen molar-refractivity contribution in [3.05, 3.63) is 47.8 Å². The van der Waals surface area contributed by atoms with E-state index in [2.05, 4.69) is 15.6 Å². The smallest absolute Gasteiger partial charge is 0.256 e. The van der Waals surface area contributed by atoms with Crippen molar-refractivity contribution in [3.8, 4) is 0 Å². The predicted octanol–water partition coefficient (Wildman–Crippen LogP) is 2.68. The Morgan fingerprint density at radius 2 is 2.19 bits per heavy atom. The third-order valence-electron chi connectivity index (χ3n) is 3.13. The van der Waals surface area contributed by atoms with Gasteiger partial charge in [0.25, 0.3) is 5.91 Å². The molecule has 1 aliphatic rings. The highest BCUT2D eigenvalue weighted by Gasteiger charge is 2.24. The van der Waals surface area contributed by atoms with E-state index in [4.69, 9.17) is 11.6 Å². The number of carbonyl (C=O) groups excluding carboxylic acids is 2. The monoisotopic (exact) mass is 301 g/mol. The van der Waals surface area contributed by atoms with Crippen LogP contribution < -0.4 is 10.6 Å². The first-order valence-corrected chi connectivity index (χ1v) is 6.87. The van der Waals surface area contributed by atoms with E-state index < -0.39 is 0 Å². The van der Waals surface area contributed by atoms with Crippen LogP contribution in [-0.4, -0.2) is 22.7 Å². The minimum atomic E-state index is -0.288. The molecular weight excluding hydrogens is 290 g/mol. The fourth-order valence-corrected chi connectivity index (χ4v) is 2.26. The standard InChI is InChI=1S/C15H12ClN3O2/c16-8-14(20)18-10-3-4-13-11(7-10)12(15(21)19-13)6-9-2-1-5-17-9/h1-7,17H,8H2,(H,18,20)(H,19,21)/b12-6-. The van der Waals surface area contributed by atoms with Gasteiger partial charge in [0, 0.05) is 28.8 Å². The number of nitrogens with one attached hydrogen (secondary N) is 3. The molecule has 3 rings (SSSR count). The Hall–Kier alpha value is -2.53. The molecule has 0 saturated heterocycles. The van der Waals surface area contributed by atoms with Crippen LogP contribution in [0.4, 0.5) is 11.4 Å². The Bertz CT molecular complexity index is 735. The molecule has 6 heteroatoms. The molecule has 106 valence electrons. The molecule has 0 atom stereocenters. The molecule has 3 N–H and O–H groups in total. The lowest BCUT2D eigenvalue weighted by Gasteiger charge is -2.05. The second-order valence-electron chi connectivity index (χ2n) is 4.58. The number of amides is 2. The van der Waals surface area contributed by atoms with E-state index in [0.29, 0.717) is 11.3 Å². The molecule has 2 amide bonds. The van der Waals surface area contributed by atoms with Crippen molar-refractivity contribution in [3.63, 3.8) is 0 Å². The highest BCUT2D eigenvalue weighted by molar-refractivity contribution is 6.35. The maximum absolute atomic E-state index is 12.0. The van der Waals surface area contributed by atoms with Gasteiger partial charge >= 0.3 is 0 Å². The van der Waals surface area contributed by atoms with Crippen LogP contribution in [0.3, 0.4) is 0 Å². The van der Waals surface area contributed by atoms with E-state index in [1.165, 1.54) is 0 Å². The number of aromatic amines is 1. The molecule has 0 radical (unpaired) electrons. The first-order valence-electron chi connectivity index (χ1n) is 6.34. The fourth-order valence-electron chi connectivity index (χ4n) is 2.19. The second-order valence-corrected chi connectivity index (χ2v) is 4.85. The number of fused-ring (bicyclic) bond motifs is 1. The number of H-pyrrole nitrogens is 1. The quantitative estimate of drug-likeness (QED) is 0.602. The van der Waals surface area contributed by atoms with Gasteiger partial charge in [-0.1, -0.05) is 0 Å². The molecule has 2 heterocycles. The minimum absolute atomic E-state index is 0.112. The summed E-state index contributed by atoms with van der Waals surface area (Å²) in [6, 6.07) is 8.97. The topological polar surface area (TPSA) is 74.0 Å². The molecule has 0 unspecified atom stereocenters. The van der Waals surface area contributed by atoms with Gasteiger partial charge in [0.1, 0.15) is 5.88 Å². The number of alkyl halides is 1. The molecule has 0 saturated carbocycles. The van der Waals surface area contributed by atoms with Crippen molar-refractivity contribution < 1.29 is 9.59 Å². The lowest BCUT2D eigenvalue weighted by molar-refractivity contribution is -0.114. The van der Waals surface area contributed by atoms with Crippen LogP contribution in [0.15, 0.2) is 36.5 Å². The van der Waals surface area contributed by atoms with Crippen LogP contribution in [-0.2, 0) is 9.59 Å². The number of halogens is 1. The van der Waals surface area contributed by atoms with Gasteiger partial charge in [0.2, 0.25) is 5.91 Å². The number of hydrogen-bond acceptors (Lipinski definition) is 2. The van der Waals surface area contributed by atoms with Gasteiger partial charge in [0.15, 0.2) is 0 Å². The van der Waals surface area contributed by atoms with Gasteiger partial charge in [-0.2, -0.15) is 0 Å². The SMILES string of the molecule is O=C(CCl)Nc1ccc2c(c1)/C(=C/c1ccc[nH]1)C(=O)N2. The molecule has 0 aliphatic carbocycles. The van der Waals surface area contributed by atoms with E-state index in [-0.39, 0.29) is 17.7 Å². The number of rotatable bonds is 3. The molecule has 1 aromatic carbocycles. The average Bonchev–Trinajstić information content (AvgIpc) is 3.08. The summed E-state index contributed by atoms with van der Waals surface area (Å²) in [5.74, 6) is -0.566. The van der Waals surface area contributed by atoms with Crippen LogP contribution in [0.5, 0.6) is 0 Å². The van der Waals surface area contributed by atoms with Crippen molar-refractivity contribution >= 4 is 46.4 Å². The van der Waals surface area contributed by atoms with Crippen LogP contribution in [0.1, 0.15) is 11.3 Å². The zero-order valence-electron chi connectivity index (χ0n) is 10.9. The summed E-state index contributed by atoms with van der Waals surface area (Å²) in [6.45, 7) is 0. The van der Waals surface area contributed by atoms with Gasteiger partial charge < -0.3 is 15.6 Å². The van der Waals surface area contributed by atoms with Crippen molar-refractivity contribution in [2.75, 3.05) is 16.5 Å². The zero-order valence-corrected chi connectivity index (χ0v) is 11.7. The molecule has 0 spiro atoms. The van der Waals surface area contributed by atoms with Gasteiger partial charge in [-0.15, -0.1) is 11.6 Å². The summed E-state index contributed by atoms with van der Waals surface area (Å²) in [6.07, 6.45) is 3.56. The van der Waals surface area contributed by atoms with E-state index in [0.717, 1.165) is 16.9 Å². The number of benzene rings is 1. The Labute approximate surface area is 126 Å². The van der Waals surface area contributed by atoms with Gasteiger partial charge in [0.05, 0.1) is 5.57 Å². The van der Waals surface area contributed by atoms with Gasteiger partial charge in [-0.25, -0.2) is 0 Å². The third kappa shape index (κ3) is 2.68. The molecule has 5 nitrogen and oxygen atoms in total. The summed E-state index contributed by atoms with van der Waals surface area (Å²) in [4.78, 5) is 26.4. The predicted molar refractivity (Wildman–Crippen MR) is 83.1 cm³/mol. The van der Waals surface area contributed by atoms with Crippen molar-refractivity contribution in [2.45, 2.75) is 0 Å². The summed E-state index contributed by atoms with van der Waals surface area (Å²) < 4.78 is 0. The fraction of sp³-hybridized carbons (Fsp3) is 0.0667. The first kappa shape index (κ1) is 13.5. The van der Waals surface area contributed by atoms with Crippen LogP contribution >= 0.6 is 11.6 Å². The molecule has 0 fully saturated rings. The number of carbonyl (C=O) groups is 2. The molecular formula is C15H12ClN3O2. The summed E-state index contributed by atoms with van der Waals surface area (Å²) >= 11 is 5.47. The van der Waals surface area contributed by atoms with Crippen molar-refractivity contribution in [1.82, 2.24) is 4.98 Å². The average molecular weight is 302 g/mol. The number of aromatic nitrogens is 1. The van der Waals surface area contributed by atoms with E-state index in [1.807, 2.05) is 12.1 Å². The Balaban J connectivity index is 1.98. The Morgan fingerprint density at radius 1 is 1.33 bits per heavy atom. The van der Waals surface area contributed by atoms with Crippen LogP contribution in [0, 0.1) is 0 Å². The zero-order chi connectivity index (χ0) is 14.8. The largest absolute Gasteiger partial charge is 0.362 e. The molecule has 21 heavy (non-hydrogen) atoms. The Kier molecular flexibility index (Phi) is 3.50. The third-order valence-corrected chi connectivity index (χ3v) is 3.37. The van der Waals surface area contributed by atoms with Crippen molar-refractivity contribution in [2.24, 2.45) is 0 Å². The minimum Gasteiger partial charge on any atom is -0.362 e. The molecule has 2 aromatic rings. The van der Waals surface area contributed by atoms with Gasteiger partial charge in [-0.3, -0.25) is 9.59 Å². The summed E-state index contributed by atoms with van der Waals surface area (Å²) in [5, 5.41) is 5.47. The van der Waals surface area contributed by atoms with Crippen LogP contribution in [0.25, 0.3) is 11.6 Å². The second kappa shape index (κ2) is 5.46. The number of anilines is 2. The Morgan fingerprint density at radius 3 is 2.90 bits per heavy atom. The lowest BCUT2D eigenvalue weighted by atomic mass is 10.1.